The molecular formula is C21H21N3O3S. The Morgan fingerprint density at radius 1 is 1.14 bits per heavy atom. The number of nitrogens with zero attached hydrogens (tertiary/aromatic N) is 2. The Bertz CT molecular complexity index is 899. The third kappa shape index (κ3) is 4.37. The predicted octanol–water partition coefficient (Wildman–Crippen LogP) is 1.87. The highest BCUT2D eigenvalue weighted by atomic mass is 32.1. The molecule has 7 heteroatoms. The van der Waals surface area contributed by atoms with Gasteiger partial charge in [-0.1, -0.05) is 48.5 Å². The van der Waals surface area contributed by atoms with Crippen LogP contribution in [0, 0.1) is 0 Å². The number of amides is 1. The molecule has 0 aliphatic carbocycles. The highest BCUT2D eigenvalue weighted by Gasteiger charge is 2.31. The van der Waals surface area contributed by atoms with Crippen LogP contribution in [-0.2, 0) is 14.4 Å². The van der Waals surface area contributed by atoms with Crippen molar-refractivity contribution < 1.29 is 14.4 Å². The number of carbonyl (C=O) groups excluding carboxylic acids is 3. The number of Topliss-reactive ketones (excluding diaryl/α,β-unsaturated/α-hetero) is 1. The van der Waals surface area contributed by atoms with Crippen LogP contribution in [0.4, 0.5) is 5.69 Å². The number of ketones is 1. The molecule has 2 aromatic carbocycles. The van der Waals surface area contributed by atoms with Crippen LogP contribution >= 0.6 is 12.6 Å². The third-order valence-electron chi connectivity index (χ3n) is 4.40. The van der Waals surface area contributed by atoms with Gasteiger partial charge in [-0.3, -0.25) is 19.9 Å². The highest BCUT2D eigenvalue weighted by molar-refractivity contribution is 7.80. The van der Waals surface area contributed by atoms with Crippen molar-refractivity contribution in [2.24, 2.45) is 4.99 Å². The van der Waals surface area contributed by atoms with E-state index in [1.54, 1.807) is 6.07 Å². The Morgan fingerprint density at radius 2 is 1.86 bits per heavy atom. The van der Waals surface area contributed by atoms with Gasteiger partial charge < -0.3 is 9.69 Å². The summed E-state index contributed by atoms with van der Waals surface area (Å²) in [6.07, 6.45) is 0.0296. The van der Waals surface area contributed by atoms with Crippen molar-refractivity contribution in [1.82, 2.24) is 5.32 Å². The molecule has 0 saturated carbocycles. The monoisotopic (exact) mass is 395 g/mol. The minimum atomic E-state index is -0.966. The number of para-hydroxylation sites is 1. The fourth-order valence-corrected chi connectivity index (χ4v) is 3.32. The summed E-state index contributed by atoms with van der Waals surface area (Å²) < 4.78 is 0. The molecule has 1 unspecified atom stereocenters. The normalized spacial score (nSPS) is 16.2. The summed E-state index contributed by atoms with van der Waals surface area (Å²) in [6.45, 7) is -0.0794. The maximum atomic E-state index is 13.1. The molecule has 1 heterocycles. The minimum absolute atomic E-state index is 0.00775. The Morgan fingerprint density at radius 3 is 2.57 bits per heavy atom. The van der Waals surface area contributed by atoms with Crippen LogP contribution < -0.4 is 10.2 Å². The first-order chi connectivity index (χ1) is 13.7. The zero-order valence-electron chi connectivity index (χ0n) is 15.2. The topological polar surface area (TPSA) is 78.8 Å². The van der Waals surface area contributed by atoms with E-state index in [-0.39, 0.29) is 24.8 Å². The fraction of sp³-hybridized carbons (Fsp3) is 0.238. The number of benzene rings is 2. The van der Waals surface area contributed by atoms with Crippen molar-refractivity contribution in [3.8, 4) is 0 Å². The van der Waals surface area contributed by atoms with Gasteiger partial charge in [0.1, 0.15) is 12.1 Å². The molecule has 1 aliphatic rings. The second-order valence-electron chi connectivity index (χ2n) is 6.27. The quantitative estimate of drug-likeness (QED) is 0.528. The van der Waals surface area contributed by atoms with Crippen molar-refractivity contribution in [1.29, 1.82) is 0 Å². The number of benzodiazepines with no additional fused rings is 1. The number of hydrogen-bond donors (Lipinski definition) is 2. The van der Waals surface area contributed by atoms with Crippen LogP contribution in [-0.4, -0.2) is 48.7 Å². The van der Waals surface area contributed by atoms with Gasteiger partial charge in [-0.2, -0.15) is 12.6 Å². The molecule has 1 aliphatic heterocycles. The first kappa shape index (κ1) is 20.0. The lowest BCUT2D eigenvalue weighted by Crippen LogP contribution is -2.47. The molecule has 0 radical (unpaired) electrons. The molecule has 1 atom stereocenters. The highest BCUT2D eigenvalue weighted by Crippen LogP contribution is 2.27. The molecule has 0 aromatic heterocycles. The molecular weight excluding hydrogens is 374 g/mol. The van der Waals surface area contributed by atoms with Crippen molar-refractivity contribution >= 4 is 42.0 Å². The van der Waals surface area contributed by atoms with Gasteiger partial charge in [0.15, 0.2) is 6.17 Å². The number of hydrogen-bond acceptors (Lipinski definition) is 6. The van der Waals surface area contributed by atoms with Gasteiger partial charge in [0.05, 0.1) is 24.5 Å². The summed E-state index contributed by atoms with van der Waals surface area (Å²) in [6, 6.07) is 16.9. The van der Waals surface area contributed by atoms with Gasteiger partial charge in [-0.15, -0.1) is 0 Å². The van der Waals surface area contributed by atoms with E-state index in [0.717, 1.165) is 11.1 Å². The average Bonchev–Trinajstić information content (AvgIpc) is 2.83. The fourth-order valence-electron chi connectivity index (χ4n) is 3.07. The summed E-state index contributed by atoms with van der Waals surface area (Å²) in [4.78, 5) is 42.3. The average molecular weight is 395 g/mol. The Kier molecular flexibility index (Phi) is 6.73. The van der Waals surface area contributed by atoms with Crippen molar-refractivity contribution in [3.63, 3.8) is 0 Å². The minimum Gasteiger partial charge on any atom is -0.302 e. The second-order valence-corrected chi connectivity index (χ2v) is 6.72. The number of carbonyl (C=O) groups is 3. The number of thiol groups is 1. The van der Waals surface area contributed by atoms with Crippen LogP contribution in [0.1, 0.15) is 17.5 Å². The summed E-state index contributed by atoms with van der Waals surface area (Å²) in [5, 5.41) is 2.94. The van der Waals surface area contributed by atoms with Crippen LogP contribution in [0.5, 0.6) is 0 Å². The van der Waals surface area contributed by atoms with E-state index in [0.29, 0.717) is 29.9 Å². The molecule has 0 fully saturated rings. The molecule has 28 heavy (non-hydrogen) atoms. The van der Waals surface area contributed by atoms with Gasteiger partial charge in [0, 0.05) is 17.5 Å². The van der Waals surface area contributed by atoms with Crippen molar-refractivity contribution in [3.05, 3.63) is 65.7 Å². The molecule has 0 saturated heterocycles. The SMILES string of the molecule is O=CCN1C(=O)C(NCC(=O)CCS)N=C(c2ccccc2)c2ccccc21. The van der Waals surface area contributed by atoms with E-state index >= 15 is 0 Å². The molecule has 6 nitrogen and oxygen atoms in total. The number of rotatable bonds is 8. The molecule has 3 rings (SSSR count). The molecule has 1 N–H and O–H groups in total. The molecule has 2 aromatic rings. The van der Waals surface area contributed by atoms with E-state index in [1.165, 1.54) is 4.90 Å². The van der Waals surface area contributed by atoms with E-state index in [1.807, 2.05) is 48.5 Å². The number of aldehydes is 1. The molecule has 1 amide bonds. The largest absolute Gasteiger partial charge is 0.302 e. The standard InChI is InChI=1S/C21H21N3O3S/c25-12-11-24-18-9-5-4-8-17(18)19(15-6-2-1-3-7-15)23-20(21(24)27)22-14-16(26)10-13-28/h1-9,12,20,22,28H,10-11,13-14H2. The maximum Gasteiger partial charge on any atom is 0.267 e. The van der Waals surface area contributed by atoms with Gasteiger partial charge in [0.25, 0.3) is 5.91 Å². The predicted molar refractivity (Wildman–Crippen MR) is 112 cm³/mol. The Balaban J connectivity index is 2.06. The first-order valence-electron chi connectivity index (χ1n) is 8.99. The van der Waals surface area contributed by atoms with Crippen LogP contribution in [0.15, 0.2) is 59.6 Å². The number of fused-ring (bicyclic) bond motifs is 1. The van der Waals surface area contributed by atoms with Gasteiger partial charge in [0.2, 0.25) is 0 Å². The van der Waals surface area contributed by atoms with E-state index < -0.39 is 6.17 Å². The zero-order valence-corrected chi connectivity index (χ0v) is 16.1. The first-order valence-corrected chi connectivity index (χ1v) is 9.62. The third-order valence-corrected chi connectivity index (χ3v) is 4.62. The summed E-state index contributed by atoms with van der Waals surface area (Å²) in [7, 11) is 0. The van der Waals surface area contributed by atoms with E-state index in [9.17, 15) is 14.4 Å². The lowest BCUT2D eigenvalue weighted by Gasteiger charge is -2.23. The van der Waals surface area contributed by atoms with Crippen LogP contribution in [0.2, 0.25) is 0 Å². The lowest BCUT2D eigenvalue weighted by molar-refractivity contribution is -0.122. The molecule has 144 valence electrons. The second kappa shape index (κ2) is 9.43. The smallest absolute Gasteiger partial charge is 0.267 e. The van der Waals surface area contributed by atoms with Crippen molar-refractivity contribution in [2.75, 3.05) is 23.7 Å². The number of aliphatic imine (C=N–C) groups is 1. The lowest BCUT2D eigenvalue weighted by atomic mass is 10.0. The number of nitrogens with one attached hydrogen (secondary N) is 1. The van der Waals surface area contributed by atoms with E-state index in [2.05, 4.69) is 22.9 Å². The Labute approximate surface area is 169 Å². The summed E-state index contributed by atoms with van der Waals surface area (Å²) in [5.74, 6) is 0.0208. The maximum absolute atomic E-state index is 13.1. The van der Waals surface area contributed by atoms with Gasteiger partial charge in [-0.05, 0) is 11.8 Å². The molecule has 0 bridgehead atoms. The summed E-state index contributed by atoms with van der Waals surface area (Å²) in [5.41, 5.74) is 2.87. The molecule has 0 spiro atoms. The summed E-state index contributed by atoms with van der Waals surface area (Å²) >= 11 is 4.06. The van der Waals surface area contributed by atoms with Crippen LogP contribution in [0.3, 0.4) is 0 Å². The van der Waals surface area contributed by atoms with E-state index in [4.69, 9.17) is 0 Å². The van der Waals surface area contributed by atoms with Gasteiger partial charge in [-0.25, -0.2) is 0 Å². The van der Waals surface area contributed by atoms with Crippen molar-refractivity contribution in [2.45, 2.75) is 12.6 Å². The zero-order chi connectivity index (χ0) is 19.9. The van der Waals surface area contributed by atoms with Crippen LogP contribution in [0.25, 0.3) is 0 Å². The Hall–Kier alpha value is -2.77. The van der Waals surface area contributed by atoms with Gasteiger partial charge >= 0.3 is 0 Å². The number of anilines is 1.